The fraction of sp³-hybridized carbons (Fsp3) is 0.500. The first kappa shape index (κ1) is 14.6. The first-order valence-electron chi connectivity index (χ1n) is 6.95. The lowest BCUT2D eigenvalue weighted by Crippen LogP contribution is -2.49. The fourth-order valence-electron chi connectivity index (χ4n) is 2.89. The van der Waals surface area contributed by atoms with E-state index in [2.05, 4.69) is 0 Å². The Morgan fingerprint density at radius 3 is 2.40 bits per heavy atom. The zero-order chi connectivity index (χ0) is 14.9. The van der Waals surface area contributed by atoms with Gasteiger partial charge in [-0.15, -0.1) is 0 Å². The first-order valence-corrected chi connectivity index (χ1v) is 6.95. The molecule has 1 aromatic carbocycles. The topological polar surface area (TPSA) is 57.6 Å². The minimum absolute atomic E-state index is 0.00280. The van der Waals surface area contributed by atoms with Crippen LogP contribution in [0.2, 0.25) is 0 Å². The summed E-state index contributed by atoms with van der Waals surface area (Å²) < 4.78 is 0. The summed E-state index contributed by atoms with van der Waals surface area (Å²) in [5.74, 6) is -1.02. The summed E-state index contributed by atoms with van der Waals surface area (Å²) in [6.45, 7) is 6.12. The minimum Gasteiger partial charge on any atom is -0.480 e. The molecule has 1 aliphatic heterocycles. The van der Waals surface area contributed by atoms with Crippen molar-refractivity contribution in [3.63, 3.8) is 0 Å². The van der Waals surface area contributed by atoms with Gasteiger partial charge in [-0.2, -0.15) is 0 Å². The number of hydrogen-bond acceptors (Lipinski definition) is 2. The SMILES string of the molecule is CC1CCN(C(=O)C(C)(C)c2ccccc2)C1C(=O)O. The maximum absolute atomic E-state index is 12.8. The van der Waals surface area contributed by atoms with E-state index in [-0.39, 0.29) is 11.8 Å². The number of carbonyl (C=O) groups is 2. The van der Waals surface area contributed by atoms with Crippen molar-refractivity contribution in [2.75, 3.05) is 6.54 Å². The number of amides is 1. The monoisotopic (exact) mass is 275 g/mol. The third-order valence-electron chi connectivity index (χ3n) is 4.24. The molecule has 1 aliphatic rings. The molecule has 1 fully saturated rings. The van der Waals surface area contributed by atoms with E-state index in [9.17, 15) is 14.7 Å². The van der Waals surface area contributed by atoms with E-state index in [0.29, 0.717) is 6.54 Å². The average Bonchev–Trinajstić information content (AvgIpc) is 2.80. The summed E-state index contributed by atoms with van der Waals surface area (Å²) in [6, 6.07) is 8.81. The Bertz CT molecular complexity index is 510. The normalized spacial score (nSPS) is 22.9. The summed E-state index contributed by atoms with van der Waals surface area (Å²) in [4.78, 5) is 25.7. The van der Waals surface area contributed by atoms with Crippen molar-refractivity contribution in [2.24, 2.45) is 5.92 Å². The van der Waals surface area contributed by atoms with E-state index >= 15 is 0 Å². The molecule has 1 saturated heterocycles. The van der Waals surface area contributed by atoms with Crippen LogP contribution in [0.1, 0.15) is 32.8 Å². The van der Waals surface area contributed by atoms with Gasteiger partial charge >= 0.3 is 5.97 Å². The molecule has 0 radical (unpaired) electrons. The molecule has 1 N–H and O–H groups in total. The van der Waals surface area contributed by atoms with Gasteiger partial charge in [0.05, 0.1) is 5.41 Å². The number of hydrogen-bond donors (Lipinski definition) is 1. The Morgan fingerprint density at radius 1 is 1.25 bits per heavy atom. The second-order valence-electron chi connectivity index (χ2n) is 6.04. The van der Waals surface area contributed by atoms with Crippen molar-refractivity contribution in [1.29, 1.82) is 0 Å². The molecule has 1 amide bonds. The Kier molecular flexibility index (Phi) is 3.84. The molecule has 1 heterocycles. The quantitative estimate of drug-likeness (QED) is 0.920. The smallest absolute Gasteiger partial charge is 0.326 e. The summed E-state index contributed by atoms with van der Waals surface area (Å²) in [7, 11) is 0. The van der Waals surface area contributed by atoms with Crippen LogP contribution in [0.4, 0.5) is 0 Å². The van der Waals surface area contributed by atoms with E-state index in [1.54, 1.807) is 0 Å². The van der Waals surface area contributed by atoms with Crippen molar-refractivity contribution in [1.82, 2.24) is 4.90 Å². The predicted molar refractivity (Wildman–Crippen MR) is 76.4 cm³/mol. The lowest BCUT2D eigenvalue weighted by Gasteiger charge is -2.32. The molecule has 20 heavy (non-hydrogen) atoms. The third-order valence-corrected chi connectivity index (χ3v) is 4.24. The van der Waals surface area contributed by atoms with Gasteiger partial charge in [0.2, 0.25) is 5.91 Å². The predicted octanol–water partition coefficient (Wildman–Crippen LogP) is 2.29. The van der Waals surface area contributed by atoms with Crippen molar-refractivity contribution in [2.45, 2.75) is 38.6 Å². The number of likely N-dealkylation sites (tertiary alicyclic amines) is 1. The van der Waals surface area contributed by atoms with Gasteiger partial charge in [-0.3, -0.25) is 4.79 Å². The van der Waals surface area contributed by atoms with Gasteiger partial charge in [0.15, 0.2) is 0 Å². The third kappa shape index (κ3) is 2.42. The Hall–Kier alpha value is -1.84. The van der Waals surface area contributed by atoms with Gasteiger partial charge in [0, 0.05) is 6.54 Å². The summed E-state index contributed by atoms with van der Waals surface area (Å²) in [5.41, 5.74) is 0.202. The highest BCUT2D eigenvalue weighted by molar-refractivity contribution is 5.91. The van der Waals surface area contributed by atoms with Crippen LogP contribution >= 0.6 is 0 Å². The number of carboxylic acids is 1. The number of rotatable bonds is 3. The van der Waals surface area contributed by atoms with Crippen LogP contribution in [0.5, 0.6) is 0 Å². The molecule has 108 valence electrons. The highest BCUT2D eigenvalue weighted by atomic mass is 16.4. The van der Waals surface area contributed by atoms with Crippen LogP contribution in [0, 0.1) is 5.92 Å². The first-order chi connectivity index (χ1) is 9.35. The molecule has 4 heteroatoms. The molecule has 4 nitrogen and oxygen atoms in total. The molecule has 0 saturated carbocycles. The molecule has 2 rings (SSSR count). The van der Waals surface area contributed by atoms with Gasteiger partial charge < -0.3 is 10.0 Å². The number of carbonyl (C=O) groups excluding carboxylic acids is 1. The van der Waals surface area contributed by atoms with Crippen LogP contribution in [0.15, 0.2) is 30.3 Å². The summed E-state index contributed by atoms with van der Waals surface area (Å²) in [6.07, 6.45) is 0.744. The minimum atomic E-state index is -0.910. The highest BCUT2D eigenvalue weighted by Crippen LogP contribution is 2.31. The van der Waals surface area contributed by atoms with Crippen molar-refractivity contribution < 1.29 is 14.7 Å². The molecule has 0 aromatic heterocycles. The Balaban J connectivity index is 2.29. The zero-order valence-corrected chi connectivity index (χ0v) is 12.2. The zero-order valence-electron chi connectivity index (χ0n) is 12.2. The molecule has 2 unspecified atom stereocenters. The van der Waals surface area contributed by atoms with Gasteiger partial charge in [0.1, 0.15) is 6.04 Å². The van der Waals surface area contributed by atoms with Crippen LogP contribution in [0.3, 0.4) is 0 Å². The number of carboxylic acid groups (broad SMARTS) is 1. The van der Waals surface area contributed by atoms with E-state index in [1.165, 1.54) is 4.90 Å². The van der Waals surface area contributed by atoms with Crippen LogP contribution in [0.25, 0.3) is 0 Å². The van der Waals surface area contributed by atoms with Gasteiger partial charge in [-0.25, -0.2) is 4.79 Å². The molecular formula is C16H21NO3. The fourth-order valence-corrected chi connectivity index (χ4v) is 2.89. The van der Waals surface area contributed by atoms with E-state index < -0.39 is 17.4 Å². The van der Waals surface area contributed by atoms with Crippen molar-refractivity contribution >= 4 is 11.9 Å². The standard InChI is InChI=1S/C16H21NO3/c1-11-9-10-17(13(11)14(18)19)15(20)16(2,3)12-7-5-4-6-8-12/h4-8,11,13H,9-10H2,1-3H3,(H,18,19). The molecule has 1 aromatic rings. The Labute approximate surface area is 119 Å². The molecule has 0 aliphatic carbocycles. The number of aliphatic carboxylic acids is 1. The summed E-state index contributed by atoms with van der Waals surface area (Å²) >= 11 is 0. The summed E-state index contributed by atoms with van der Waals surface area (Å²) in [5, 5.41) is 9.35. The van der Waals surface area contributed by atoms with E-state index in [4.69, 9.17) is 0 Å². The number of nitrogens with zero attached hydrogens (tertiary/aromatic N) is 1. The van der Waals surface area contributed by atoms with Gasteiger partial charge in [0.25, 0.3) is 0 Å². The Morgan fingerprint density at radius 2 is 1.85 bits per heavy atom. The van der Waals surface area contributed by atoms with Crippen LogP contribution in [-0.4, -0.2) is 34.5 Å². The molecular weight excluding hydrogens is 254 g/mol. The lowest BCUT2D eigenvalue weighted by molar-refractivity contribution is -0.151. The highest BCUT2D eigenvalue weighted by Gasteiger charge is 2.44. The van der Waals surface area contributed by atoms with E-state index in [0.717, 1.165) is 12.0 Å². The number of benzene rings is 1. The van der Waals surface area contributed by atoms with Gasteiger partial charge in [-0.1, -0.05) is 37.3 Å². The second-order valence-corrected chi connectivity index (χ2v) is 6.04. The maximum atomic E-state index is 12.8. The molecule has 0 spiro atoms. The second kappa shape index (κ2) is 5.27. The van der Waals surface area contributed by atoms with Crippen LogP contribution in [-0.2, 0) is 15.0 Å². The largest absolute Gasteiger partial charge is 0.480 e. The van der Waals surface area contributed by atoms with E-state index in [1.807, 2.05) is 51.1 Å². The average molecular weight is 275 g/mol. The van der Waals surface area contributed by atoms with Crippen molar-refractivity contribution in [3.05, 3.63) is 35.9 Å². The van der Waals surface area contributed by atoms with Crippen molar-refractivity contribution in [3.8, 4) is 0 Å². The molecule has 0 bridgehead atoms. The molecule has 2 atom stereocenters. The van der Waals surface area contributed by atoms with Crippen LogP contribution < -0.4 is 0 Å². The maximum Gasteiger partial charge on any atom is 0.326 e. The lowest BCUT2D eigenvalue weighted by atomic mass is 9.83. The van der Waals surface area contributed by atoms with Gasteiger partial charge in [-0.05, 0) is 31.7 Å².